The van der Waals surface area contributed by atoms with Crippen LogP contribution in [0.5, 0.6) is 0 Å². The number of anilines is 2. The highest BCUT2D eigenvalue weighted by molar-refractivity contribution is 7.80. The molecular formula is C13H16N4S2. The maximum atomic E-state index is 5.22. The Kier molecular flexibility index (Phi) is 4.34. The van der Waals surface area contributed by atoms with Crippen molar-refractivity contribution in [1.82, 2.24) is 10.4 Å². The molecule has 2 aromatic rings. The molecule has 0 atom stereocenters. The molecule has 1 aromatic carbocycles. The fraction of sp³-hybridized carbons (Fsp3) is 0.231. The van der Waals surface area contributed by atoms with E-state index in [1.807, 2.05) is 12.3 Å². The minimum absolute atomic E-state index is 0.512. The summed E-state index contributed by atoms with van der Waals surface area (Å²) in [7, 11) is 0. The predicted molar refractivity (Wildman–Crippen MR) is 85.7 cm³/mol. The van der Waals surface area contributed by atoms with Crippen LogP contribution in [0, 0.1) is 20.8 Å². The Morgan fingerprint density at radius 1 is 1.16 bits per heavy atom. The summed E-state index contributed by atoms with van der Waals surface area (Å²) in [4.78, 5) is 4.28. The van der Waals surface area contributed by atoms with E-state index >= 15 is 0 Å². The van der Waals surface area contributed by atoms with Crippen LogP contribution in [0.25, 0.3) is 0 Å². The van der Waals surface area contributed by atoms with Crippen LogP contribution in [0.15, 0.2) is 23.6 Å². The van der Waals surface area contributed by atoms with Crippen molar-refractivity contribution in [3.8, 4) is 0 Å². The first kappa shape index (κ1) is 13.8. The van der Waals surface area contributed by atoms with Gasteiger partial charge in [-0.1, -0.05) is 6.07 Å². The summed E-state index contributed by atoms with van der Waals surface area (Å²) in [5.74, 6) is 0. The van der Waals surface area contributed by atoms with Crippen molar-refractivity contribution in [3.63, 3.8) is 0 Å². The molecule has 0 aliphatic rings. The fourth-order valence-electron chi connectivity index (χ4n) is 1.73. The van der Waals surface area contributed by atoms with Crippen LogP contribution in [0.4, 0.5) is 10.8 Å². The number of rotatable bonds is 3. The second-order valence-corrected chi connectivity index (χ2v) is 5.64. The summed E-state index contributed by atoms with van der Waals surface area (Å²) in [5.41, 5.74) is 10.3. The number of thiocarbonyl (C=S) groups is 1. The molecule has 0 spiro atoms. The van der Waals surface area contributed by atoms with Crippen molar-refractivity contribution in [2.24, 2.45) is 0 Å². The van der Waals surface area contributed by atoms with Crippen molar-refractivity contribution in [3.05, 3.63) is 40.4 Å². The third kappa shape index (κ3) is 4.18. The summed E-state index contributed by atoms with van der Waals surface area (Å²) < 4.78 is 0. The molecule has 3 N–H and O–H groups in total. The van der Waals surface area contributed by atoms with Gasteiger partial charge in [0.15, 0.2) is 5.11 Å². The zero-order valence-electron chi connectivity index (χ0n) is 11.1. The van der Waals surface area contributed by atoms with Crippen molar-refractivity contribution in [2.45, 2.75) is 20.8 Å². The molecule has 19 heavy (non-hydrogen) atoms. The third-order valence-electron chi connectivity index (χ3n) is 2.38. The lowest BCUT2D eigenvalue weighted by atomic mass is 10.1. The number of nitrogens with zero attached hydrogens (tertiary/aromatic N) is 1. The number of aromatic nitrogens is 1. The van der Waals surface area contributed by atoms with Gasteiger partial charge in [-0.25, -0.2) is 4.98 Å². The molecule has 0 aliphatic heterocycles. The number of hydrogen-bond acceptors (Lipinski definition) is 4. The second-order valence-electron chi connectivity index (χ2n) is 4.37. The minimum atomic E-state index is 0.512. The summed E-state index contributed by atoms with van der Waals surface area (Å²) in [6.07, 6.45) is 0. The van der Waals surface area contributed by atoms with Crippen LogP contribution < -0.4 is 16.2 Å². The molecule has 0 unspecified atom stereocenters. The molecule has 0 saturated carbocycles. The first-order chi connectivity index (χ1) is 9.02. The summed E-state index contributed by atoms with van der Waals surface area (Å²) in [6.45, 7) is 6.07. The van der Waals surface area contributed by atoms with Gasteiger partial charge in [0.2, 0.25) is 5.13 Å². The second kappa shape index (κ2) is 5.99. The highest BCUT2D eigenvalue weighted by atomic mass is 32.1. The Morgan fingerprint density at radius 2 is 1.84 bits per heavy atom. The number of thiazole rings is 1. The van der Waals surface area contributed by atoms with Crippen LogP contribution in [0.1, 0.15) is 16.8 Å². The number of hydrogen-bond donors (Lipinski definition) is 3. The zero-order valence-corrected chi connectivity index (χ0v) is 12.7. The number of benzene rings is 1. The van der Waals surface area contributed by atoms with Gasteiger partial charge in [0.1, 0.15) is 0 Å². The van der Waals surface area contributed by atoms with Gasteiger partial charge in [-0.05, 0) is 56.2 Å². The van der Waals surface area contributed by atoms with Gasteiger partial charge in [0.25, 0.3) is 0 Å². The summed E-state index contributed by atoms with van der Waals surface area (Å²) >= 11 is 6.75. The van der Waals surface area contributed by atoms with E-state index < -0.39 is 0 Å². The van der Waals surface area contributed by atoms with E-state index in [0.29, 0.717) is 5.11 Å². The van der Waals surface area contributed by atoms with Crippen LogP contribution in [-0.2, 0) is 0 Å². The minimum Gasteiger partial charge on any atom is -0.331 e. The highest BCUT2D eigenvalue weighted by Gasteiger charge is 2.01. The monoisotopic (exact) mass is 292 g/mol. The van der Waals surface area contributed by atoms with Gasteiger partial charge in [-0.3, -0.25) is 10.9 Å². The van der Waals surface area contributed by atoms with Crippen LogP contribution in [0.3, 0.4) is 0 Å². The predicted octanol–water partition coefficient (Wildman–Crippen LogP) is 3.38. The smallest absolute Gasteiger partial charge is 0.201 e. The Hall–Kier alpha value is -1.66. The summed E-state index contributed by atoms with van der Waals surface area (Å²) in [6, 6.07) is 6.22. The maximum Gasteiger partial charge on any atom is 0.201 e. The number of hydrazine groups is 1. The topological polar surface area (TPSA) is 49.0 Å². The molecule has 6 heteroatoms. The lowest BCUT2D eigenvalue weighted by Crippen LogP contribution is -2.33. The number of aryl methyl sites for hydroxylation is 3. The molecule has 0 saturated heterocycles. The Labute approximate surface area is 122 Å². The normalized spacial score (nSPS) is 10.1. The SMILES string of the molecule is Cc1cc(C)cc(NC(=S)NNc2nc(C)cs2)c1. The van der Waals surface area contributed by atoms with Crippen molar-refractivity contribution < 1.29 is 0 Å². The molecule has 1 aromatic heterocycles. The van der Waals surface area contributed by atoms with E-state index in [2.05, 4.69) is 53.2 Å². The number of nitrogens with one attached hydrogen (secondary N) is 3. The lowest BCUT2D eigenvalue weighted by molar-refractivity contribution is 1.11. The maximum absolute atomic E-state index is 5.22. The van der Waals surface area contributed by atoms with Crippen LogP contribution >= 0.6 is 23.6 Å². The third-order valence-corrected chi connectivity index (χ3v) is 3.46. The average Bonchev–Trinajstić information content (AvgIpc) is 2.71. The van der Waals surface area contributed by atoms with E-state index in [1.54, 1.807) is 0 Å². The molecule has 100 valence electrons. The van der Waals surface area contributed by atoms with Crippen molar-refractivity contribution in [2.75, 3.05) is 10.7 Å². The molecule has 1 heterocycles. The molecule has 0 fully saturated rings. The molecule has 4 nitrogen and oxygen atoms in total. The van der Waals surface area contributed by atoms with Gasteiger partial charge in [0, 0.05) is 11.1 Å². The Bertz CT molecular complexity index is 572. The van der Waals surface area contributed by atoms with Crippen molar-refractivity contribution in [1.29, 1.82) is 0 Å². The van der Waals surface area contributed by atoms with Crippen LogP contribution in [0.2, 0.25) is 0 Å². The lowest BCUT2D eigenvalue weighted by Gasteiger charge is -2.11. The van der Waals surface area contributed by atoms with E-state index in [4.69, 9.17) is 12.2 Å². The molecule has 0 bridgehead atoms. The van der Waals surface area contributed by atoms with Crippen LogP contribution in [-0.4, -0.2) is 10.1 Å². The van der Waals surface area contributed by atoms with E-state index in [9.17, 15) is 0 Å². The molecule has 2 rings (SSSR count). The van der Waals surface area contributed by atoms with Gasteiger partial charge in [0.05, 0.1) is 5.69 Å². The molecule has 0 aliphatic carbocycles. The standard InChI is InChI=1S/C13H16N4S2/c1-8-4-9(2)6-11(5-8)15-12(18)16-17-13-14-10(3)7-19-13/h4-7H,1-3H3,(H,14,17)(H2,15,16,18). The largest absolute Gasteiger partial charge is 0.331 e. The van der Waals surface area contributed by atoms with E-state index in [0.717, 1.165) is 16.5 Å². The fourth-order valence-corrected chi connectivity index (χ4v) is 2.54. The van der Waals surface area contributed by atoms with Gasteiger partial charge < -0.3 is 5.32 Å². The zero-order chi connectivity index (χ0) is 13.8. The first-order valence-corrected chi connectivity index (χ1v) is 7.15. The molecule has 0 radical (unpaired) electrons. The van der Waals surface area contributed by atoms with E-state index in [1.165, 1.54) is 22.5 Å². The Balaban J connectivity index is 1.90. The van der Waals surface area contributed by atoms with Gasteiger partial charge in [-0.15, -0.1) is 11.3 Å². The molecule has 0 amide bonds. The average molecular weight is 292 g/mol. The molecular weight excluding hydrogens is 276 g/mol. The van der Waals surface area contributed by atoms with Gasteiger partial charge in [-0.2, -0.15) is 0 Å². The van der Waals surface area contributed by atoms with Crippen molar-refractivity contribution >= 4 is 39.5 Å². The quantitative estimate of drug-likeness (QED) is 0.598. The Morgan fingerprint density at radius 3 is 2.42 bits per heavy atom. The summed E-state index contributed by atoms with van der Waals surface area (Å²) in [5, 5.41) is 6.42. The van der Waals surface area contributed by atoms with E-state index in [-0.39, 0.29) is 0 Å². The van der Waals surface area contributed by atoms with Gasteiger partial charge >= 0.3 is 0 Å². The highest BCUT2D eigenvalue weighted by Crippen LogP contribution is 2.14. The first-order valence-electron chi connectivity index (χ1n) is 5.86.